The molecule has 4 heteroatoms. The SMILES string of the molecule is CCN1C(=O)C(I)CC=C1c1ccc(O)cc1. The van der Waals surface area contributed by atoms with E-state index < -0.39 is 0 Å². The van der Waals surface area contributed by atoms with Crippen LogP contribution in [-0.2, 0) is 4.79 Å². The van der Waals surface area contributed by atoms with Gasteiger partial charge in [0, 0.05) is 12.2 Å². The maximum absolute atomic E-state index is 12.0. The topological polar surface area (TPSA) is 40.5 Å². The minimum absolute atomic E-state index is 0.0356. The van der Waals surface area contributed by atoms with Crippen LogP contribution < -0.4 is 0 Å². The Labute approximate surface area is 114 Å². The zero-order valence-corrected chi connectivity index (χ0v) is 11.7. The van der Waals surface area contributed by atoms with E-state index in [4.69, 9.17) is 0 Å². The third-order valence-corrected chi connectivity index (χ3v) is 3.86. The van der Waals surface area contributed by atoms with Crippen LogP contribution in [0.5, 0.6) is 5.75 Å². The van der Waals surface area contributed by atoms with Gasteiger partial charge in [-0.2, -0.15) is 0 Å². The van der Waals surface area contributed by atoms with Crippen molar-refractivity contribution in [2.75, 3.05) is 6.54 Å². The lowest BCUT2D eigenvalue weighted by molar-refractivity contribution is -0.127. The number of carbonyl (C=O) groups excluding carboxylic acids is 1. The molecule has 0 aliphatic carbocycles. The van der Waals surface area contributed by atoms with Gasteiger partial charge in [0.2, 0.25) is 5.91 Å². The molecule has 0 radical (unpaired) electrons. The first-order valence-corrected chi connectivity index (χ1v) is 6.83. The van der Waals surface area contributed by atoms with Gasteiger partial charge in [0.05, 0.1) is 3.92 Å². The molecule has 3 nitrogen and oxygen atoms in total. The van der Waals surface area contributed by atoms with Crippen molar-refractivity contribution in [2.24, 2.45) is 0 Å². The zero-order chi connectivity index (χ0) is 12.4. The Balaban J connectivity index is 2.36. The Hall–Kier alpha value is -1.04. The van der Waals surface area contributed by atoms with E-state index in [0.29, 0.717) is 6.54 Å². The molecule has 1 aromatic carbocycles. The molecule has 1 aliphatic rings. The smallest absolute Gasteiger partial charge is 0.240 e. The van der Waals surface area contributed by atoms with Crippen molar-refractivity contribution in [3.05, 3.63) is 35.9 Å². The third-order valence-electron chi connectivity index (χ3n) is 2.82. The van der Waals surface area contributed by atoms with Crippen molar-refractivity contribution in [2.45, 2.75) is 17.3 Å². The molecule has 2 rings (SSSR count). The molecule has 1 amide bonds. The molecular formula is C13H14INO2. The molecule has 1 atom stereocenters. The van der Waals surface area contributed by atoms with Crippen LogP contribution in [0.3, 0.4) is 0 Å². The van der Waals surface area contributed by atoms with E-state index in [2.05, 4.69) is 28.7 Å². The highest BCUT2D eigenvalue weighted by Crippen LogP contribution is 2.29. The van der Waals surface area contributed by atoms with Gasteiger partial charge in [-0.15, -0.1) is 0 Å². The van der Waals surface area contributed by atoms with E-state index in [1.54, 1.807) is 17.0 Å². The van der Waals surface area contributed by atoms with Gasteiger partial charge in [-0.25, -0.2) is 0 Å². The highest BCUT2D eigenvalue weighted by atomic mass is 127. The largest absolute Gasteiger partial charge is 0.508 e. The molecule has 1 heterocycles. The summed E-state index contributed by atoms with van der Waals surface area (Å²) in [6.07, 6.45) is 2.86. The van der Waals surface area contributed by atoms with Crippen molar-refractivity contribution in [3.8, 4) is 5.75 Å². The van der Waals surface area contributed by atoms with E-state index in [9.17, 15) is 9.90 Å². The van der Waals surface area contributed by atoms with Gasteiger partial charge < -0.3 is 10.0 Å². The number of rotatable bonds is 2. The fraction of sp³-hybridized carbons (Fsp3) is 0.308. The van der Waals surface area contributed by atoms with Gasteiger partial charge in [-0.05, 0) is 43.2 Å². The molecule has 1 unspecified atom stereocenters. The van der Waals surface area contributed by atoms with Gasteiger partial charge in [0.25, 0.3) is 0 Å². The molecule has 0 aromatic heterocycles. The van der Waals surface area contributed by atoms with Gasteiger partial charge >= 0.3 is 0 Å². The van der Waals surface area contributed by atoms with Crippen LogP contribution in [0.1, 0.15) is 18.9 Å². The predicted molar refractivity (Wildman–Crippen MR) is 75.9 cm³/mol. The molecule has 0 saturated carbocycles. The first-order chi connectivity index (χ1) is 8.13. The van der Waals surface area contributed by atoms with Crippen LogP contribution in [-0.4, -0.2) is 26.4 Å². The molecule has 0 saturated heterocycles. The average Bonchev–Trinajstić information content (AvgIpc) is 2.34. The number of carbonyl (C=O) groups is 1. The molecule has 17 heavy (non-hydrogen) atoms. The van der Waals surface area contributed by atoms with Crippen LogP contribution in [0.15, 0.2) is 30.3 Å². The maximum atomic E-state index is 12.0. The molecule has 90 valence electrons. The second-order valence-corrected chi connectivity index (χ2v) is 5.43. The lowest BCUT2D eigenvalue weighted by Gasteiger charge is -2.30. The van der Waals surface area contributed by atoms with E-state index in [0.717, 1.165) is 17.7 Å². The van der Waals surface area contributed by atoms with Crippen molar-refractivity contribution in [1.29, 1.82) is 0 Å². The maximum Gasteiger partial charge on any atom is 0.240 e. The lowest BCUT2D eigenvalue weighted by Crippen LogP contribution is -2.37. The minimum atomic E-state index is 0.0356. The average molecular weight is 343 g/mol. The number of nitrogens with zero attached hydrogens (tertiary/aromatic N) is 1. The van der Waals surface area contributed by atoms with E-state index in [-0.39, 0.29) is 15.6 Å². The lowest BCUT2D eigenvalue weighted by atomic mass is 10.0. The number of halogens is 1. The van der Waals surface area contributed by atoms with Gasteiger partial charge in [-0.1, -0.05) is 28.7 Å². The summed E-state index contributed by atoms with van der Waals surface area (Å²) in [6.45, 7) is 2.64. The molecule has 1 aliphatic heterocycles. The summed E-state index contributed by atoms with van der Waals surface area (Å²) in [5.41, 5.74) is 1.92. The molecular weight excluding hydrogens is 329 g/mol. The Bertz CT molecular complexity index is 453. The number of benzene rings is 1. The number of alkyl halides is 1. The number of hydrogen-bond donors (Lipinski definition) is 1. The van der Waals surface area contributed by atoms with Crippen molar-refractivity contribution in [1.82, 2.24) is 4.90 Å². The highest BCUT2D eigenvalue weighted by Gasteiger charge is 2.27. The zero-order valence-electron chi connectivity index (χ0n) is 9.56. The van der Waals surface area contributed by atoms with Crippen LogP contribution in [0.25, 0.3) is 5.70 Å². The first kappa shape index (κ1) is 12.4. The minimum Gasteiger partial charge on any atom is -0.508 e. The molecule has 0 fully saturated rings. The molecule has 1 aromatic rings. The number of phenolic OH excluding ortho intramolecular Hbond substituents is 1. The summed E-state index contributed by atoms with van der Waals surface area (Å²) in [5.74, 6) is 0.407. The molecule has 1 N–H and O–H groups in total. The third kappa shape index (κ3) is 2.46. The molecule has 0 bridgehead atoms. The predicted octanol–water partition coefficient (Wildman–Crippen LogP) is 2.79. The van der Waals surface area contributed by atoms with Gasteiger partial charge in [0.15, 0.2) is 0 Å². The number of hydrogen-bond acceptors (Lipinski definition) is 2. The Morgan fingerprint density at radius 1 is 1.41 bits per heavy atom. The second-order valence-electron chi connectivity index (χ2n) is 3.92. The second kappa shape index (κ2) is 5.08. The summed E-state index contributed by atoms with van der Waals surface area (Å²) < 4.78 is 0.0356. The fourth-order valence-corrected chi connectivity index (χ4v) is 2.54. The van der Waals surface area contributed by atoms with Crippen molar-refractivity contribution >= 4 is 34.2 Å². The number of phenols is 1. The highest BCUT2D eigenvalue weighted by molar-refractivity contribution is 14.1. The number of amides is 1. The van der Waals surface area contributed by atoms with E-state index in [1.165, 1.54) is 0 Å². The van der Waals surface area contributed by atoms with E-state index >= 15 is 0 Å². The Kier molecular flexibility index (Phi) is 3.71. The normalized spacial score (nSPS) is 20.4. The number of allylic oxidation sites excluding steroid dienone is 1. The summed E-state index contributed by atoms with van der Waals surface area (Å²) >= 11 is 2.18. The monoisotopic (exact) mass is 343 g/mol. The number of aromatic hydroxyl groups is 1. The van der Waals surface area contributed by atoms with Crippen LogP contribution >= 0.6 is 22.6 Å². The Morgan fingerprint density at radius 2 is 2.06 bits per heavy atom. The first-order valence-electron chi connectivity index (χ1n) is 5.58. The molecule has 0 spiro atoms. The summed E-state index contributed by atoms with van der Waals surface area (Å²) in [7, 11) is 0. The Morgan fingerprint density at radius 3 is 2.65 bits per heavy atom. The quantitative estimate of drug-likeness (QED) is 0.663. The van der Waals surface area contributed by atoms with Crippen LogP contribution in [0.2, 0.25) is 0 Å². The van der Waals surface area contributed by atoms with Crippen molar-refractivity contribution < 1.29 is 9.90 Å². The summed E-state index contributed by atoms with van der Waals surface area (Å²) in [5, 5.41) is 9.27. The van der Waals surface area contributed by atoms with E-state index in [1.807, 2.05) is 19.1 Å². The van der Waals surface area contributed by atoms with Crippen LogP contribution in [0.4, 0.5) is 0 Å². The van der Waals surface area contributed by atoms with Gasteiger partial charge in [0.1, 0.15) is 5.75 Å². The summed E-state index contributed by atoms with van der Waals surface area (Å²) in [4.78, 5) is 13.8. The summed E-state index contributed by atoms with van der Waals surface area (Å²) in [6, 6.07) is 6.96. The van der Waals surface area contributed by atoms with Gasteiger partial charge in [-0.3, -0.25) is 4.79 Å². The van der Waals surface area contributed by atoms with Crippen LogP contribution in [0, 0.1) is 0 Å². The van der Waals surface area contributed by atoms with Crippen molar-refractivity contribution in [3.63, 3.8) is 0 Å². The fourth-order valence-electron chi connectivity index (χ4n) is 1.95. The standard InChI is InChI=1S/C13H14INO2/c1-2-15-12(8-7-11(14)13(15)17)9-3-5-10(16)6-4-9/h3-6,8,11,16H,2,7H2,1H3.